The molecule has 29 heavy (non-hydrogen) atoms. The number of halogens is 1. The van der Waals surface area contributed by atoms with Crippen molar-refractivity contribution in [3.8, 4) is 11.5 Å². The molecule has 1 heterocycles. The van der Waals surface area contributed by atoms with Crippen LogP contribution in [0.15, 0.2) is 54.6 Å². The summed E-state index contributed by atoms with van der Waals surface area (Å²) in [5, 5.41) is 2.96. The number of anilines is 1. The molecule has 1 saturated heterocycles. The lowest BCUT2D eigenvalue weighted by Crippen LogP contribution is -2.58. The van der Waals surface area contributed by atoms with Gasteiger partial charge in [-0.1, -0.05) is 25.1 Å². The van der Waals surface area contributed by atoms with E-state index in [4.69, 9.17) is 23.4 Å². The van der Waals surface area contributed by atoms with Gasteiger partial charge in [-0.05, 0) is 61.7 Å². The minimum atomic E-state index is -4.69. The molecule has 8 nitrogen and oxygen atoms in total. The van der Waals surface area contributed by atoms with Crippen LogP contribution in [0.3, 0.4) is 0 Å². The SMILES string of the molecule is CC1CCCN(CC(=O)Nc2ccc(Oc3ccccc3)cc2)C1.[O-][Cl+3]([O-])([O-])O. The quantitative estimate of drug-likeness (QED) is 0.691. The Morgan fingerprint density at radius 3 is 2.31 bits per heavy atom. The maximum absolute atomic E-state index is 12.2. The third-order valence-corrected chi connectivity index (χ3v) is 4.23. The lowest BCUT2D eigenvalue weighted by molar-refractivity contribution is -1.92. The maximum atomic E-state index is 12.2. The lowest BCUT2D eigenvalue weighted by atomic mass is 10.0. The van der Waals surface area contributed by atoms with Crippen molar-refractivity contribution >= 4 is 11.6 Å². The van der Waals surface area contributed by atoms with Crippen molar-refractivity contribution in [2.24, 2.45) is 5.92 Å². The molecule has 0 radical (unpaired) electrons. The lowest BCUT2D eigenvalue weighted by Gasteiger charge is -2.30. The zero-order valence-corrected chi connectivity index (χ0v) is 16.9. The van der Waals surface area contributed by atoms with E-state index in [0.717, 1.165) is 30.3 Å². The second-order valence-electron chi connectivity index (χ2n) is 6.87. The van der Waals surface area contributed by atoms with Crippen LogP contribution in [0.2, 0.25) is 0 Å². The first-order valence-corrected chi connectivity index (χ1v) is 10.4. The zero-order chi connectivity index (χ0) is 21.3. The number of likely N-dealkylation sites (tertiary alicyclic amines) is 1. The van der Waals surface area contributed by atoms with Gasteiger partial charge in [-0.2, -0.15) is 14.0 Å². The summed E-state index contributed by atoms with van der Waals surface area (Å²) in [5.74, 6) is 2.28. The Morgan fingerprint density at radius 1 is 1.14 bits per heavy atom. The molecular formula is C20H25ClN2O6. The fourth-order valence-electron chi connectivity index (χ4n) is 3.06. The molecule has 158 valence electrons. The van der Waals surface area contributed by atoms with Crippen molar-refractivity contribution < 1.29 is 38.4 Å². The monoisotopic (exact) mass is 424 g/mol. The number of benzene rings is 2. The van der Waals surface area contributed by atoms with Gasteiger partial charge in [-0.3, -0.25) is 9.69 Å². The number of piperidine rings is 1. The van der Waals surface area contributed by atoms with Gasteiger partial charge in [0.1, 0.15) is 11.5 Å². The Kier molecular flexibility index (Phi) is 8.84. The van der Waals surface area contributed by atoms with E-state index >= 15 is 0 Å². The number of carbonyl (C=O) groups excluding carboxylic acids is 1. The highest BCUT2D eigenvalue weighted by Gasteiger charge is 2.18. The van der Waals surface area contributed by atoms with E-state index < -0.39 is 10.2 Å². The van der Waals surface area contributed by atoms with E-state index in [1.54, 1.807) is 0 Å². The molecule has 0 aliphatic carbocycles. The van der Waals surface area contributed by atoms with Crippen LogP contribution in [0.5, 0.6) is 11.5 Å². The van der Waals surface area contributed by atoms with Crippen molar-refractivity contribution in [1.29, 1.82) is 0 Å². The summed E-state index contributed by atoms with van der Waals surface area (Å²) in [6.45, 7) is 4.74. The van der Waals surface area contributed by atoms with Crippen LogP contribution in [0.25, 0.3) is 0 Å². The summed E-state index contributed by atoms with van der Waals surface area (Å²) in [4.78, 5) is 14.4. The zero-order valence-electron chi connectivity index (χ0n) is 16.1. The first-order chi connectivity index (χ1) is 13.7. The molecular weight excluding hydrogens is 400 g/mol. The topological polar surface area (TPSA) is 131 Å². The van der Waals surface area contributed by atoms with Crippen molar-refractivity contribution in [1.82, 2.24) is 4.90 Å². The minimum absolute atomic E-state index is 0.0424. The van der Waals surface area contributed by atoms with E-state index in [-0.39, 0.29) is 5.91 Å². The van der Waals surface area contributed by atoms with Gasteiger partial charge in [-0.25, -0.2) is 0 Å². The number of rotatable bonds is 5. The third kappa shape index (κ3) is 10.2. The highest BCUT2D eigenvalue weighted by Crippen LogP contribution is 2.22. The van der Waals surface area contributed by atoms with Gasteiger partial charge >= 0.3 is 0 Å². The number of amides is 1. The highest BCUT2D eigenvalue weighted by atomic mass is 35.7. The number of nitrogens with one attached hydrogen (secondary N) is 1. The third-order valence-electron chi connectivity index (χ3n) is 4.23. The Hall–Kier alpha value is -2.20. The summed E-state index contributed by atoms with van der Waals surface area (Å²) in [5.41, 5.74) is 0.797. The van der Waals surface area contributed by atoms with Crippen molar-refractivity contribution in [3.05, 3.63) is 54.6 Å². The number of hydrogen-bond acceptors (Lipinski definition) is 7. The van der Waals surface area contributed by atoms with Crippen molar-refractivity contribution in [2.45, 2.75) is 19.8 Å². The van der Waals surface area contributed by atoms with Gasteiger partial charge in [0.2, 0.25) is 5.91 Å². The summed E-state index contributed by atoms with van der Waals surface area (Å²) in [6, 6.07) is 17.1. The maximum Gasteiger partial charge on any atom is 0.238 e. The molecule has 1 unspecified atom stereocenters. The summed E-state index contributed by atoms with van der Waals surface area (Å²) in [6.07, 6.45) is 2.45. The van der Waals surface area contributed by atoms with E-state index in [0.29, 0.717) is 12.5 Å². The molecule has 3 rings (SSSR count). The van der Waals surface area contributed by atoms with Crippen LogP contribution in [0, 0.1) is 16.2 Å². The normalized spacial score (nSPS) is 17.1. The Morgan fingerprint density at radius 2 is 1.72 bits per heavy atom. The van der Waals surface area contributed by atoms with E-state index in [1.165, 1.54) is 12.8 Å². The fourth-order valence-corrected chi connectivity index (χ4v) is 3.06. The second kappa shape index (κ2) is 11.1. The van der Waals surface area contributed by atoms with Crippen LogP contribution in [0.1, 0.15) is 19.8 Å². The molecule has 1 fully saturated rings. The average molecular weight is 425 g/mol. The Bertz CT molecular complexity index is 746. The van der Waals surface area contributed by atoms with Crippen LogP contribution >= 0.6 is 0 Å². The molecule has 2 aromatic carbocycles. The van der Waals surface area contributed by atoms with Gasteiger partial charge in [0, 0.05) is 12.2 Å². The summed E-state index contributed by atoms with van der Waals surface area (Å²) >= 11 is 0. The fraction of sp³-hybridized carbons (Fsp3) is 0.350. The van der Waals surface area contributed by atoms with E-state index in [9.17, 15) is 4.79 Å². The Balaban J connectivity index is 0.000000537. The highest BCUT2D eigenvalue weighted by molar-refractivity contribution is 5.92. The number of carbonyl (C=O) groups is 1. The number of para-hydroxylation sites is 1. The molecule has 1 atom stereocenters. The van der Waals surface area contributed by atoms with Gasteiger partial charge in [0.25, 0.3) is 0 Å². The molecule has 0 spiro atoms. The average Bonchev–Trinajstić information content (AvgIpc) is 2.63. The number of ether oxygens (including phenoxy) is 1. The standard InChI is InChI=1S/C20H24N2O2.ClHO4/c1-16-6-5-13-22(14-16)15-20(23)21-17-9-11-19(12-10-17)24-18-7-3-2-4-8-18;2-1(3,4)5/h2-4,7-12,16H,5-6,13-15H2,1H3,(H,21,23);(H,2,3,4,5). The predicted molar refractivity (Wildman–Crippen MR) is 98.6 cm³/mol. The predicted octanol–water partition coefficient (Wildman–Crippen LogP) is 0.0253. The molecule has 1 aliphatic heterocycles. The molecule has 0 bridgehead atoms. The van der Waals surface area contributed by atoms with Crippen LogP contribution < -0.4 is 24.0 Å². The largest absolute Gasteiger partial charge is 0.457 e. The molecule has 1 aliphatic rings. The van der Waals surface area contributed by atoms with E-state index in [2.05, 4.69) is 17.1 Å². The first-order valence-electron chi connectivity index (χ1n) is 9.17. The molecule has 0 saturated carbocycles. The van der Waals surface area contributed by atoms with Gasteiger partial charge in [-0.15, -0.1) is 0 Å². The van der Waals surface area contributed by atoms with Crippen molar-refractivity contribution in [2.75, 3.05) is 25.0 Å². The molecule has 0 aromatic heterocycles. The van der Waals surface area contributed by atoms with Crippen LogP contribution in [-0.2, 0) is 4.79 Å². The van der Waals surface area contributed by atoms with Gasteiger partial charge in [0.05, 0.1) is 21.4 Å². The van der Waals surface area contributed by atoms with Gasteiger partial charge < -0.3 is 10.1 Å². The second-order valence-corrected chi connectivity index (χ2v) is 7.66. The number of nitrogens with zero attached hydrogens (tertiary/aromatic N) is 1. The van der Waals surface area contributed by atoms with Gasteiger partial charge in [0.15, 0.2) is 0 Å². The minimum Gasteiger partial charge on any atom is -0.457 e. The molecule has 2 aromatic rings. The van der Waals surface area contributed by atoms with Crippen LogP contribution in [-0.4, -0.2) is 35.1 Å². The molecule has 1 amide bonds. The Labute approximate surface area is 172 Å². The summed E-state index contributed by atoms with van der Waals surface area (Å²) in [7, 11) is -4.69. The smallest absolute Gasteiger partial charge is 0.238 e. The molecule has 2 N–H and O–H groups in total. The van der Waals surface area contributed by atoms with Crippen LogP contribution in [0.4, 0.5) is 5.69 Å². The van der Waals surface area contributed by atoms with Crippen molar-refractivity contribution in [3.63, 3.8) is 0 Å². The van der Waals surface area contributed by atoms with E-state index in [1.807, 2.05) is 54.6 Å². The number of hydrogen-bond donors (Lipinski definition) is 2. The first kappa shape index (κ1) is 23.1. The summed E-state index contributed by atoms with van der Waals surface area (Å²) < 4.78 is 38.5. The molecule has 9 heteroatoms.